The summed E-state index contributed by atoms with van der Waals surface area (Å²) in [6.07, 6.45) is 4.68. The van der Waals surface area contributed by atoms with E-state index in [-0.39, 0.29) is 5.91 Å². The van der Waals surface area contributed by atoms with Crippen LogP contribution < -0.4 is 10.6 Å². The summed E-state index contributed by atoms with van der Waals surface area (Å²) in [6.45, 7) is 2.89. The Morgan fingerprint density at radius 1 is 1.26 bits per heavy atom. The molecule has 0 aromatic carbocycles. The van der Waals surface area contributed by atoms with Gasteiger partial charge in [-0.1, -0.05) is 0 Å². The summed E-state index contributed by atoms with van der Waals surface area (Å²) in [4.78, 5) is 22.3. The van der Waals surface area contributed by atoms with E-state index in [1.54, 1.807) is 30.3 Å². The molecule has 0 atom stereocenters. The van der Waals surface area contributed by atoms with Crippen molar-refractivity contribution in [3.63, 3.8) is 0 Å². The minimum absolute atomic E-state index is 0.0297. The highest BCUT2D eigenvalue weighted by Gasteiger charge is 2.24. The fourth-order valence-corrected chi connectivity index (χ4v) is 3.14. The Hall–Kier alpha value is -2.80. The van der Waals surface area contributed by atoms with Crippen LogP contribution in [0.3, 0.4) is 0 Å². The molecule has 0 fully saturated rings. The highest BCUT2D eigenvalue weighted by molar-refractivity contribution is 5.96. The van der Waals surface area contributed by atoms with Crippen LogP contribution in [0.15, 0.2) is 41.9 Å². The zero-order valence-corrected chi connectivity index (χ0v) is 15.8. The second kappa shape index (κ2) is 8.26. The molecule has 0 unspecified atom stereocenters. The summed E-state index contributed by atoms with van der Waals surface area (Å²) < 4.78 is 13.3. The number of pyridine rings is 2. The van der Waals surface area contributed by atoms with Crippen molar-refractivity contribution in [1.82, 2.24) is 20.2 Å². The minimum Gasteiger partial charge on any atom is -0.343 e. The molecule has 0 saturated carbocycles. The first-order valence-corrected chi connectivity index (χ1v) is 8.93. The lowest BCUT2D eigenvalue weighted by atomic mass is 10.0. The standard InChI is InChI=1S/C20H24FN5O/c1-13-8-15(11-24-19(13)21)9-14-4-6-23-18(10-14)25-17-5-7-26(3)20(27)16(17)12-22-2/h4,6,8,10-11,22H,5,7,9,12H2,1-3H3,(H,23,25). The SMILES string of the molecule is CNCC1=C(Nc2cc(Cc3cnc(F)c(C)c3)ccn2)CCN(C)C1=O. The molecule has 2 aromatic rings. The molecule has 0 radical (unpaired) electrons. The molecule has 27 heavy (non-hydrogen) atoms. The van der Waals surface area contributed by atoms with Crippen LogP contribution in [0.4, 0.5) is 10.2 Å². The van der Waals surface area contributed by atoms with Gasteiger partial charge in [-0.25, -0.2) is 9.97 Å². The number of carbonyl (C=O) groups excluding carboxylic acids is 1. The molecule has 1 amide bonds. The molecule has 0 spiro atoms. The highest BCUT2D eigenvalue weighted by Crippen LogP contribution is 2.21. The first-order valence-electron chi connectivity index (χ1n) is 8.93. The van der Waals surface area contributed by atoms with E-state index in [1.165, 1.54) is 0 Å². The van der Waals surface area contributed by atoms with Crippen LogP contribution in [-0.2, 0) is 11.2 Å². The summed E-state index contributed by atoms with van der Waals surface area (Å²) >= 11 is 0. The number of hydrogen-bond donors (Lipinski definition) is 2. The van der Waals surface area contributed by atoms with Gasteiger partial charge in [0.15, 0.2) is 0 Å². The summed E-state index contributed by atoms with van der Waals surface area (Å²) in [7, 11) is 3.64. The number of aryl methyl sites for hydroxylation is 1. The van der Waals surface area contributed by atoms with Gasteiger partial charge in [0.05, 0.1) is 5.57 Å². The average Bonchev–Trinajstić information content (AvgIpc) is 2.65. The van der Waals surface area contributed by atoms with Crippen LogP contribution >= 0.6 is 0 Å². The average molecular weight is 369 g/mol. The van der Waals surface area contributed by atoms with Crippen LogP contribution in [0.25, 0.3) is 0 Å². The molecule has 0 saturated heterocycles. The van der Waals surface area contributed by atoms with Crippen molar-refractivity contribution < 1.29 is 9.18 Å². The topological polar surface area (TPSA) is 70.2 Å². The normalized spacial score (nSPS) is 14.7. The minimum atomic E-state index is -0.438. The Morgan fingerprint density at radius 3 is 2.81 bits per heavy atom. The number of likely N-dealkylation sites (N-methyl/N-ethyl adjacent to an activating group) is 2. The number of halogens is 1. The fraction of sp³-hybridized carbons (Fsp3) is 0.350. The lowest BCUT2D eigenvalue weighted by molar-refractivity contribution is -0.126. The van der Waals surface area contributed by atoms with Crippen molar-refractivity contribution in [2.45, 2.75) is 19.8 Å². The largest absolute Gasteiger partial charge is 0.343 e. The molecule has 2 aromatic heterocycles. The number of rotatable bonds is 6. The third-order valence-corrected chi connectivity index (χ3v) is 4.60. The number of carbonyl (C=O) groups is 1. The van der Waals surface area contributed by atoms with Gasteiger partial charge in [0.25, 0.3) is 5.91 Å². The molecular weight excluding hydrogens is 345 g/mol. The Balaban J connectivity index is 1.80. The summed E-state index contributed by atoms with van der Waals surface area (Å²) in [5, 5.41) is 6.37. The number of anilines is 1. The van der Waals surface area contributed by atoms with Gasteiger partial charge in [-0.15, -0.1) is 0 Å². The van der Waals surface area contributed by atoms with E-state index >= 15 is 0 Å². The maximum Gasteiger partial charge on any atom is 0.252 e. The highest BCUT2D eigenvalue weighted by atomic mass is 19.1. The van der Waals surface area contributed by atoms with Gasteiger partial charge in [0.1, 0.15) is 5.82 Å². The number of nitrogens with one attached hydrogen (secondary N) is 2. The first kappa shape index (κ1) is 19.0. The molecule has 3 heterocycles. The lowest BCUT2D eigenvalue weighted by Crippen LogP contribution is -2.38. The van der Waals surface area contributed by atoms with E-state index < -0.39 is 5.95 Å². The van der Waals surface area contributed by atoms with E-state index in [0.717, 1.165) is 28.8 Å². The maximum atomic E-state index is 13.3. The van der Waals surface area contributed by atoms with Crippen LogP contribution in [0.5, 0.6) is 0 Å². The van der Waals surface area contributed by atoms with E-state index in [0.29, 0.717) is 30.9 Å². The summed E-state index contributed by atoms with van der Waals surface area (Å²) in [6, 6.07) is 5.68. The molecule has 0 aliphatic carbocycles. The number of hydrogen-bond acceptors (Lipinski definition) is 5. The maximum absolute atomic E-state index is 13.3. The molecule has 1 aliphatic rings. The van der Waals surface area contributed by atoms with Gasteiger partial charge in [0.2, 0.25) is 5.95 Å². The van der Waals surface area contributed by atoms with Crippen molar-refractivity contribution in [3.05, 3.63) is 64.5 Å². The van der Waals surface area contributed by atoms with E-state index in [2.05, 4.69) is 20.6 Å². The monoisotopic (exact) mass is 369 g/mol. The van der Waals surface area contributed by atoms with Crippen molar-refractivity contribution in [2.24, 2.45) is 0 Å². The van der Waals surface area contributed by atoms with Gasteiger partial charge in [-0.3, -0.25) is 4.79 Å². The molecule has 2 N–H and O–H groups in total. The second-order valence-corrected chi connectivity index (χ2v) is 6.77. The van der Waals surface area contributed by atoms with Gasteiger partial charge in [0, 0.05) is 50.2 Å². The van der Waals surface area contributed by atoms with E-state index in [4.69, 9.17) is 0 Å². The zero-order chi connectivity index (χ0) is 19.4. The predicted octanol–water partition coefficient (Wildman–Crippen LogP) is 2.26. The number of amides is 1. The Bertz CT molecular complexity index is 880. The van der Waals surface area contributed by atoms with Crippen molar-refractivity contribution in [2.75, 3.05) is 32.5 Å². The quantitative estimate of drug-likeness (QED) is 0.765. The fourth-order valence-electron chi connectivity index (χ4n) is 3.14. The molecule has 7 heteroatoms. The third-order valence-electron chi connectivity index (χ3n) is 4.60. The molecular formula is C20H24FN5O. The van der Waals surface area contributed by atoms with Gasteiger partial charge >= 0.3 is 0 Å². The van der Waals surface area contributed by atoms with Crippen LogP contribution in [0.1, 0.15) is 23.1 Å². The third kappa shape index (κ3) is 4.49. The van der Waals surface area contributed by atoms with Crippen LogP contribution in [0.2, 0.25) is 0 Å². The predicted molar refractivity (Wildman–Crippen MR) is 103 cm³/mol. The lowest BCUT2D eigenvalue weighted by Gasteiger charge is -2.28. The molecule has 6 nitrogen and oxygen atoms in total. The van der Waals surface area contributed by atoms with Crippen LogP contribution in [-0.4, -0.2) is 48.0 Å². The van der Waals surface area contributed by atoms with Gasteiger partial charge < -0.3 is 15.5 Å². The van der Waals surface area contributed by atoms with Crippen molar-refractivity contribution in [3.8, 4) is 0 Å². The molecule has 0 bridgehead atoms. The zero-order valence-electron chi connectivity index (χ0n) is 15.8. The number of nitrogens with zero attached hydrogens (tertiary/aromatic N) is 3. The smallest absolute Gasteiger partial charge is 0.252 e. The van der Waals surface area contributed by atoms with E-state index in [1.807, 2.05) is 26.2 Å². The molecule has 3 rings (SSSR count). The summed E-state index contributed by atoms with van der Waals surface area (Å²) in [5.41, 5.74) is 4.14. The van der Waals surface area contributed by atoms with Crippen molar-refractivity contribution >= 4 is 11.7 Å². The molecule has 1 aliphatic heterocycles. The Morgan fingerprint density at radius 2 is 2.07 bits per heavy atom. The number of aromatic nitrogens is 2. The van der Waals surface area contributed by atoms with Crippen LogP contribution in [0, 0.1) is 12.9 Å². The Kier molecular flexibility index (Phi) is 5.81. The van der Waals surface area contributed by atoms with Gasteiger partial charge in [-0.2, -0.15) is 4.39 Å². The Labute approximate surface area is 158 Å². The molecule has 142 valence electrons. The first-order chi connectivity index (χ1) is 13.0. The van der Waals surface area contributed by atoms with E-state index in [9.17, 15) is 9.18 Å². The second-order valence-electron chi connectivity index (χ2n) is 6.77. The summed E-state index contributed by atoms with van der Waals surface area (Å²) in [5.74, 6) is 0.286. The van der Waals surface area contributed by atoms with Crippen molar-refractivity contribution in [1.29, 1.82) is 0 Å². The van der Waals surface area contributed by atoms with Gasteiger partial charge in [-0.05, 0) is 49.7 Å².